The van der Waals surface area contributed by atoms with Crippen molar-refractivity contribution in [1.29, 1.82) is 0 Å². The van der Waals surface area contributed by atoms with E-state index in [1.54, 1.807) is 43.2 Å². The summed E-state index contributed by atoms with van der Waals surface area (Å²) >= 11 is 6.07. The summed E-state index contributed by atoms with van der Waals surface area (Å²) < 4.78 is 12.4. The Balaban J connectivity index is 1.79. The summed E-state index contributed by atoms with van der Waals surface area (Å²) in [6, 6.07) is 20.2. The van der Waals surface area contributed by atoms with Crippen molar-refractivity contribution in [3.63, 3.8) is 0 Å². The van der Waals surface area contributed by atoms with E-state index in [0.29, 0.717) is 33.6 Å². The van der Waals surface area contributed by atoms with E-state index in [1.807, 2.05) is 56.3 Å². The summed E-state index contributed by atoms with van der Waals surface area (Å²) in [5.74, 6) is 0.982. The van der Waals surface area contributed by atoms with E-state index >= 15 is 0 Å². The van der Waals surface area contributed by atoms with Gasteiger partial charge in [0.05, 0.1) is 25.6 Å². The van der Waals surface area contributed by atoms with Crippen molar-refractivity contribution >= 4 is 23.2 Å². The van der Waals surface area contributed by atoms with Crippen molar-refractivity contribution in [2.45, 2.75) is 13.8 Å². The van der Waals surface area contributed by atoms with Gasteiger partial charge in [0.15, 0.2) is 0 Å². The summed E-state index contributed by atoms with van der Waals surface area (Å²) in [6.07, 6.45) is 0. The van der Waals surface area contributed by atoms with E-state index in [-0.39, 0.29) is 5.91 Å². The predicted octanol–water partition coefficient (Wildman–Crippen LogP) is 6.08. The maximum absolute atomic E-state index is 13.3. The Morgan fingerprint density at radius 3 is 2.33 bits per heavy atom. The fraction of sp³-hybridized carbons (Fsp3) is 0.154. The molecule has 1 N–H and O–H groups in total. The van der Waals surface area contributed by atoms with Crippen molar-refractivity contribution in [2.75, 3.05) is 19.5 Å². The maximum atomic E-state index is 13.3. The zero-order chi connectivity index (χ0) is 23.5. The fourth-order valence-electron chi connectivity index (χ4n) is 3.48. The minimum atomic E-state index is -0.278. The fourth-order valence-corrected chi connectivity index (χ4v) is 3.60. The molecular formula is C26H24ClN3O3. The molecule has 0 bridgehead atoms. The molecule has 168 valence electrons. The minimum Gasteiger partial charge on any atom is -0.497 e. The van der Waals surface area contributed by atoms with Crippen LogP contribution in [-0.2, 0) is 0 Å². The molecule has 0 atom stereocenters. The molecule has 1 heterocycles. The van der Waals surface area contributed by atoms with Crippen LogP contribution >= 0.6 is 11.6 Å². The highest BCUT2D eigenvalue weighted by molar-refractivity contribution is 6.30. The first kappa shape index (κ1) is 22.4. The van der Waals surface area contributed by atoms with Gasteiger partial charge in [-0.1, -0.05) is 17.7 Å². The molecule has 4 aromatic rings. The smallest absolute Gasteiger partial charge is 0.274 e. The molecular weight excluding hydrogens is 438 g/mol. The van der Waals surface area contributed by atoms with Gasteiger partial charge in [-0.2, -0.15) is 5.10 Å². The van der Waals surface area contributed by atoms with Crippen LogP contribution in [0.3, 0.4) is 0 Å². The molecule has 0 fully saturated rings. The molecule has 3 aromatic carbocycles. The van der Waals surface area contributed by atoms with E-state index in [9.17, 15) is 4.79 Å². The summed E-state index contributed by atoms with van der Waals surface area (Å²) in [6.45, 7) is 4.04. The van der Waals surface area contributed by atoms with Gasteiger partial charge in [0, 0.05) is 22.3 Å². The molecule has 1 amide bonds. The monoisotopic (exact) mass is 461 g/mol. The third-order valence-corrected chi connectivity index (χ3v) is 5.71. The van der Waals surface area contributed by atoms with Crippen molar-refractivity contribution in [1.82, 2.24) is 9.78 Å². The van der Waals surface area contributed by atoms with Crippen LogP contribution in [0, 0.1) is 13.8 Å². The Labute approximate surface area is 197 Å². The number of carbonyl (C=O) groups excluding carboxylic acids is 1. The highest BCUT2D eigenvalue weighted by Gasteiger charge is 2.20. The topological polar surface area (TPSA) is 65.4 Å². The molecule has 4 rings (SSSR count). The van der Waals surface area contributed by atoms with Crippen LogP contribution in [-0.4, -0.2) is 29.9 Å². The lowest BCUT2D eigenvalue weighted by molar-refractivity contribution is 0.101. The van der Waals surface area contributed by atoms with Crippen molar-refractivity contribution in [3.8, 4) is 28.4 Å². The molecule has 6 nitrogen and oxygen atoms in total. The standard InChI is InChI=1S/C26H24ClN3O3/c1-16-5-8-19(13-17(16)2)28-26(31)24-15-23(22-12-11-21(32-3)14-25(22)33-4)29-30(24)20-9-6-18(27)7-10-20/h5-15H,1-4H3,(H,28,31). The van der Waals surface area contributed by atoms with Crippen LogP contribution in [0.25, 0.3) is 16.9 Å². The zero-order valence-electron chi connectivity index (χ0n) is 18.8. The van der Waals surface area contributed by atoms with Gasteiger partial charge in [-0.05, 0) is 79.6 Å². The Morgan fingerprint density at radius 2 is 1.67 bits per heavy atom. The number of rotatable bonds is 6. The number of hydrogen-bond donors (Lipinski definition) is 1. The minimum absolute atomic E-state index is 0.278. The molecule has 1 aromatic heterocycles. The molecule has 0 saturated carbocycles. The molecule has 0 spiro atoms. The summed E-state index contributed by atoms with van der Waals surface area (Å²) in [7, 11) is 3.18. The summed E-state index contributed by atoms with van der Waals surface area (Å²) in [4.78, 5) is 13.3. The molecule has 33 heavy (non-hydrogen) atoms. The molecule has 0 unspecified atom stereocenters. The number of aromatic nitrogens is 2. The first-order valence-electron chi connectivity index (χ1n) is 10.4. The van der Waals surface area contributed by atoms with Crippen molar-refractivity contribution in [3.05, 3.63) is 88.6 Å². The van der Waals surface area contributed by atoms with Gasteiger partial charge in [0.2, 0.25) is 0 Å². The number of methoxy groups -OCH3 is 2. The van der Waals surface area contributed by atoms with Crippen LogP contribution < -0.4 is 14.8 Å². The average Bonchev–Trinajstić information content (AvgIpc) is 3.27. The third-order valence-electron chi connectivity index (χ3n) is 5.46. The Bertz CT molecular complexity index is 1310. The van der Waals surface area contributed by atoms with Gasteiger partial charge in [-0.3, -0.25) is 4.79 Å². The van der Waals surface area contributed by atoms with Crippen LogP contribution in [0.1, 0.15) is 21.6 Å². The van der Waals surface area contributed by atoms with Crippen molar-refractivity contribution in [2.24, 2.45) is 0 Å². The number of amides is 1. The molecule has 0 aliphatic rings. The van der Waals surface area contributed by atoms with E-state index in [1.165, 1.54) is 0 Å². The Morgan fingerprint density at radius 1 is 0.909 bits per heavy atom. The molecule has 0 aliphatic heterocycles. The number of aryl methyl sites for hydroxylation is 2. The number of ether oxygens (including phenoxy) is 2. The van der Waals surface area contributed by atoms with Crippen LogP contribution in [0.15, 0.2) is 66.7 Å². The molecule has 0 saturated heterocycles. The number of benzene rings is 3. The van der Waals surface area contributed by atoms with Gasteiger partial charge in [0.25, 0.3) is 5.91 Å². The maximum Gasteiger partial charge on any atom is 0.274 e. The number of anilines is 1. The number of carbonyl (C=O) groups is 1. The SMILES string of the molecule is COc1ccc(-c2cc(C(=O)Nc3ccc(C)c(C)c3)n(-c3ccc(Cl)cc3)n2)c(OC)c1. The van der Waals surface area contributed by atoms with Gasteiger partial charge < -0.3 is 14.8 Å². The van der Waals surface area contributed by atoms with Gasteiger partial charge in [-0.25, -0.2) is 4.68 Å². The number of hydrogen-bond acceptors (Lipinski definition) is 4. The highest BCUT2D eigenvalue weighted by atomic mass is 35.5. The summed E-state index contributed by atoms with van der Waals surface area (Å²) in [5, 5.41) is 8.31. The van der Waals surface area contributed by atoms with E-state index in [2.05, 4.69) is 5.32 Å². The van der Waals surface area contributed by atoms with E-state index in [4.69, 9.17) is 26.2 Å². The number of halogens is 1. The average molecular weight is 462 g/mol. The van der Waals surface area contributed by atoms with Crippen LogP contribution in [0.5, 0.6) is 11.5 Å². The van der Waals surface area contributed by atoms with Gasteiger partial charge in [0.1, 0.15) is 17.2 Å². The number of nitrogens with one attached hydrogen (secondary N) is 1. The van der Waals surface area contributed by atoms with Gasteiger partial charge in [-0.15, -0.1) is 0 Å². The van der Waals surface area contributed by atoms with E-state index in [0.717, 1.165) is 22.4 Å². The first-order chi connectivity index (χ1) is 15.9. The second-order valence-electron chi connectivity index (χ2n) is 7.62. The predicted molar refractivity (Wildman–Crippen MR) is 131 cm³/mol. The first-order valence-corrected chi connectivity index (χ1v) is 10.7. The second kappa shape index (κ2) is 9.38. The molecule has 0 radical (unpaired) electrons. The second-order valence-corrected chi connectivity index (χ2v) is 8.06. The molecule has 7 heteroatoms. The number of nitrogens with zero attached hydrogens (tertiary/aromatic N) is 2. The van der Waals surface area contributed by atoms with Gasteiger partial charge >= 0.3 is 0 Å². The third kappa shape index (κ3) is 4.71. The van der Waals surface area contributed by atoms with E-state index < -0.39 is 0 Å². The van der Waals surface area contributed by atoms with Crippen LogP contribution in [0.2, 0.25) is 5.02 Å². The lowest BCUT2D eigenvalue weighted by Gasteiger charge is -2.10. The largest absolute Gasteiger partial charge is 0.497 e. The van der Waals surface area contributed by atoms with Crippen LogP contribution in [0.4, 0.5) is 5.69 Å². The zero-order valence-corrected chi connectivity index (χ0v) is 19.6. The Kier molecular flexibility index (Phi) is 6.38. The normalized spacial score (nSPS) is 10.7. The quantitative estimate of drug-likeness (QED) is 0.378. The lowest BCUT2D eigenvalue weighted by Crippen LogP contribution is -2.17. The molecule has 0 aliphatic carbocycles. The summed E-state index contributed by atoms with van der Waals surface area (Å²) in [5.41, 5.74) is 5.40. The Hall–Kier alpha value is -3.77. The van der Waals surface area contributed by atoms with Crippen molar-refractivity contribution < 1.29 is 14.3 Å². The lowest BCUT2D eigenvalue weighted by atomic mass is 10.1. The highest BCUT2D eigenvalue weighted by Crippen LogP contribution is 2.34.